The highest BCUT2D eigenvalue weighted by Crippen LogP contribution is 2.36. The highest BCUT2D eigenvalue weighted by molar-refractivity contribution is 5.21. The number of hydrogen-bond acceptors (Lipinski definition) is 2. The maximum Gasteiger partial charge on any atom is 0.0474 e. The van der Waals surface area contributed by atoms with E-state index < -0.39 is 0 Å². The Morgan fingerprint density at radius 1 is 1.24 bits per heavy atom. The minimum absolute atomic E-state index is 0.380. The van der Waals surface area contributed by atoms with Crippen LogP contribution in [0.4, 0.5) is 0 Å². The van der Waals surface area contributed by atoms with Gasteiger partial charge in [-0.05, 0) is 25.3 Å². The van der Waals surface area contributed by atoms with Gasteiger partial charge >= 0.3 is 0 Å². The molecule has 21 heavy (non-hydrogen) atoms. The Hall–Kier alpha value is -1.30. The first-order valence-corrected chi connectivity index (χ1v) is 8.27. The minimum atomic E-state index is 0.380. The molecule has 3 rings (SSSR count). The van der Waals surface area contributed by atoms with Gasteiger partial charge < -0.3 is 5.32 Å². The Balaban J connectivity index is 1.76. The summed E-state index contributed by atoms with van der Waals surface area (Å²) in [6, 6.07) is 11.4. The molecule has 0 amide bonds. The van der Waals surface area contributed by atoms with Crippen LogP contribution < -0.4 is 5.32 Å². The number of piperazine rings is 1. The fourth-order valence-corrected chi connectivity index (χ4v) is 3.95. The van der Waals surface area contributed by atoms with Gasteiger partial charge in [-0.3, -0.25) is 4.90 Å². The molecule has 112 valence electrons. The normalized spacial score (nSPS) is 24.7. The first-order valence-electron chi connectivity index (χ1n) is 8.27. The molecule has 2 aliphatic rings. The molecule has 1 aliphatic carbocycles. The van der Waals surface area contributed by atoms with Gasteiger partial charge in [-0.15, -0.1) is 11.8 Å². The van der Waals surface area contributed by atoms with E-state index in [-0.39, 0.29) is 0 Å². The molecule has 0 aromatic heterocycles. The first kappa shape index (κ1) is 14.6. The van der Waals surface area contributed by atoms with Crippen molar-refractivity contribution in [1.82, 2.24) is 10.2 Å². The van der Waals surface area contributed by atoms with Crippen LogP contribution in [-0.4, -0.2) is 30.1 Å². The van der Waals surface area contributed by atoms with E-state index in [0.717, 1.165) is 19.5 Å². The molecule has 1 saturated heterocycles. The summed E-state index contributed by atoms with van der Waals surface area (Å²) >= 11 is 0. The van der Waals surface area contributed by atoms with E-state index in [4.69, 9.17) is 0 Å². The zero-order valence-corrected chi connectivity index (χ0v) is 13.1. The average Bonchev–Trinajstić information content (AvgIpc) is 2.97. The Labute approximate surface area is 128 Å². The Kier molecular flexibility index (Phi) is 4.63. The second-order valence-electron chi connectivity index (χ2n) is 6.44. The van der Waals surface area contributed by atoms with Gasteiger partial charge in [-0.25, -0.2) is 0 Å². The molecule has 1 atom stereocenters. The number of nitrogens with zero attached hydrogens (tertiary/aromatic N) is 1. The number of nitrogens with one attached hydrogen (secondary N) is 1. The molecule has 0 bridgehead atoms. The third-order valence-electron chi connectivity index (χ3n) is 5.06. The lowest BCUT2D eigenvalue weighted by Crippen LogP contribution is -2.60. The van der Waals surface area contributed by atoms with Crippen molar-refractivity contribution in [2.45, 2.75) is 50.6 Å². The van der Waals surface area contributed by atoms with E-state index in [0.29, 0.717) is 11.6 Å². The summed E-state index contributed by atoms with van der Waals surface area (Å²) in [5, 5.41) is 3.89. The topological polar surface area (TPSA) is 15.3 Å². The molecule has 2 nitrogen and oxygen atoms in total. The molecule has 0 radical (unpaired) electrons. The number of benzene rings is 1. The lowest BCUT2D eigenvalue weighted by Gasteiger charge is -2.46. The highest BCUT2D eigenvalue weighted by atomic mass is 15.3. The quantitative estimate of drug-likeness (QED) is 0.855. The van der Waals surface area contributed by atoms with E-state index in [1.807, 2.05) is 6.92 Å². The summed E-state index contributed by atoms with van der Waals surface area (Å²) in [6.45, 7) is 5.27. The second kappa shape index (κ2) is 6.64. The molecule has 1 heterocycles. The van der Waals surface area contributed by atoms with Crippen LogP contribution in [0.3, 0.4) is 0 Å². The van der Waals surface area contributed by atoms with Crippen molar-refractivity contribution in [3.05, 3.63) is 35.9 Å². The summed E-state index contributed by atoms with van der Waals surface area (Å²) in [6.07, 6.45) is 6.42. The van der Waals surface area contributed by atoms with Crippen molar-refractivity contribution in [3.8, 4) is 11.8 Å². The molecule has 1 aliphatic heterocycles. The predicted molar refractivity (Wildman–Crippen MR) is 88.0 cm³/mol. The standard InChI is InChI=1S/C19H26N2/c1-2-3-9-14-21-16-19(12-7-8-13-19)20-15-18(21)17-10-5-4-6-11-17/h4-6,10-11,18,20H,7-9,12-16H2,1H3. The van der Waals surface area contributed by atoms with Crippen LogP contribution >= 0.6 is 0 Å². The van der Waals surface area contributed by atoms with Gasteiger partial charge in [0, 0.05) is 37.6 Å². The maximum atomic E-state index is 3.89. The van der Waals surface area contributed by atoms with Gasteiger partial charge in [-0.2, -0.15) is 0 Å². The van der Waals surface area contributed by atoms with Crippen LogP contribution in [0.15, 0.2) is 30.3 Å². The van der Waals surface area contributed by atoms with Gasteiger partial charge in [0.05, 0.1) is 0 Å². The van der Waals surface area contributed by atoms with E-state index >= 15 is 0 Å². The second-order valence-corrected chi connectivity index (χ2v) is 6.44. The Morgan fingerprint density at radius 2 is 2.00 bits per heavy atom. The summed E-state index contributed by atoms with van der Waals surface area (Å²) < 4.78 is 0. The summed E-state index contributed by atoms with van der Waals surface area (Å²) in [7, 11) is 0. The monoisotopic (exact) mass is 282 g/mol. The van der Waals surface area contributed by atoms with E-state index in [1.54, 1.807) is 0 Å². The van der Waals surface area contributed by atoms with Gasteiger partial charge in [0.1, 0.15) is 0 Å². The molecular weight excluding hydrogens is 256 g/mol. The zero-order chi connectivity index (χ0) is 14.5. The van der Waals surface area contributed by atoms with E-state index in [1.165, 1.54) is 37.8 Å². The predicted octanol–water partition coefficient (Wildman–Crippen LogP) is 3.36. The van der Waals surface area contributed by atoms with Crippen molar-refractivity contribution in [2.75, 3.05) is 19.6 Å². The maximum absolute atomic E-state index is 3.89. The fourth-order valence-electron chi connectivity index (χ4n) is 3.95. The molecule has 1 unspecified atom stereocenters. The van der Waals surface area contributed by atoms with Gasteiger partial charge in [-0.1, -0.05) is 43.2 Å². The van der Waals surface area contributed by atoms with Crippen LogP contribution in [0, 0.1) is 11.8 Å². The SMILES string of the molecule is CC#CCCN1CC2(CCCC2)NCC1c1ccccc1. The molecule has 1 saturated carbocycles. The number of rotatable bonds is 3. The van der Waals surface area contributed by atoms with E-state index in [9.17, 15) is 0 Å². The molecule has 1 aromatic rings. The Bertz CT molecular complexity index is 505. The lowest BCUT2D eigenvalue weighted by molar-refractivity contribution is 0.0823. The van der Waals surface area contributed by atoms with Crippen molar-refractivity contribution < 1.29 is 0 Å². The first-order chi connectivity index (χ1) is 10.3. The minimum Gasteiger partial charge on any atom is -0.308 e. The smallest absolute Gasteiger partial charge is 0.0474 e. The van der Waals surface area contributed by atoms with Crippen molar-refractivity contribution in [1.29, 1.82) is 0 Å². The van der Waals surface area contributed by atoms with E-state index in [2.05, 4.69) is 52.4 Å². The largest absolute Gasteiger partial charge is 0.308 e. The summed E-state index contributed by atoms with van der Waals surface area (Å²) in [4.78, 5) is 2.67. The van der Waals surface area contributed by atoms with Crippen molar-refractivity contribution >= 4 is 0 Å². The van der Waals surface area contributed by atoms with Crippen LogP contribution in [0.1, 0.15) is 50.6 Å². The van der Waals surface area contributed by atoms with Gasteiger partial charge in [0.25, 0.3) is 0 Å². The van der Waals surface area contributed by atoms with Gasteiger partial charge in [0.2, 0.25) is 0 Å². The highest BCUT2D eigenvalue weighted by Gasteiger charge is 2.41. The average molecular weight is 282 g/mol. The number of hydrogen-bond donors (Lipinski definition) is 1. The Morgan fingerprint density at radius 3 is 2.71 bits per heavy atom. The van der Waals surface area contributed by atoms with Crippen molar-refractivity contribution in [2.24, 2.45) is 0 Å². The summed E-state index contributed by atoms with van der Waals surface area (Å²) in [5.74, 6) is 6.27. The molecule has 2 heteroatoms. The van der Waals surface area contributed by atoms with Crippen LogP contribution in [0.25, 0.3) is 0 Å². The third kappa shape index (κ3) is 3.31. The molecule has 1 spiro atoms. The molecular formula is C19H26N2. The third-order valence-corrected chi connectivity index (χ3v) is 5.06. The van der Waals surface area contributed by atoms with Gasteiger partial charge in [0.15, 0.2) is 0 Å². The lowest BCUT2D eigenvalue weighted by atomic mass is 9.90. The van der Waals surface area contributed by atoms with Crippen molar-refractivity contribution in [3.63, 3.8) is 0 Å². The molecule has 1 N–H and O–H groups in total. The molecule has 1 aromatic carbocycles. The van der Waals surface area contributed by atoms with Crippen LogP contribution in [0.5, 0.6) is 0 Å². The van der Waals surface area contributed by atoms with Crippen LogP contribution in [-0.2, 0) is 0 Å². The fraction of sp³-hybridized carbons (Fsp3) is 0.579. The summed E-state index contributed by atoms with van der Waals surface area (Å²) in [5.41, 5.74) is 1.81. The zero-order valence-electron chi connectivity index (χ0n) is 13.1. The van der Waals surface area contributed by atoms with Crippen LogP contribution in [0.2, 0.25) is 0 Å². The molecule has 2 fully saturated rings.